The van der Waals surface area contributed by atoms with Crippen LogP contribution in [0.5, 0.6) is 0 Å². The van der Waals surface area contributed by atoms with Crippen LogP contribution in [0.25, 0.3) is 0 Å². The van der Waals surface area contributed by atoms with E-state index < -0.39 is 5.92 Å². The number of nitriles is 1. The molecule has 1 aliphatic heterocycles. The van der Waals surface area contributed by atoms with Gasteiger partial charge in [0.05, 0.1) is 17.6 Å². The zero-order valence-electron chi connectivity index (χ0n) is 17.6. The minimum absolute atomic E-state index is 0.0884. The van der Waals surface area contributed by atoms with Crippen LogP contribution in [0, 0.1) is 18.3 Å². The third kappa shape index (κ3) is 3.20. The fraction of sp³-hybridized carbons (Fsp3) is 0.280. The first-order chi connectivity index (χ1) is 14.4. The van der Waals surface area contributed by atoms with Gasteiger partial charge < -0.3 is 5.73 Å². The first-order valence-electron chi connectivity index (χ1n) is 10.2. The molecule has 0 bridgehead atoms. The number of benzene rings is 2. The third-order valence-corrected chi connectivity index (χ3v) is 6.11. The largest absolute Gasteiger partial charge is 0.383 e. The van der Waals surface area contributed by atoms with E-state index in [-0.39, 0.29) is 11.7 Å². The van der Waals surface area contributed by atoms with Crippen molar-refractivity contribution in [1.29, 1.82) is 5.26 Å². The molecule has 0 radical (unpaired) electrons. The van der Waals surface area contributed by atoms with Crippen molar-refractivity contribution in [3.8, 4) is 6.07 Å². The van der Waals surface area contributed by atoms with Crippen LogP contribution in [-0.2, 0) is 4.79 Å². The van der Waals surface area contributed by atoms with Crippen molar-refractivity contribution in [2.75, 3.05) is 14.1 Å². The lowest BCUT2D eigenvalue weighted by Gasteiger charge is -2.44. The van der Waals surface area contributed by atoms with Crippen molar-refractivity contribution in [1.82, 2.24) is 10.0 Å². The zero-order valence-corrected chi connectivity index (χ0v) is 17.6. The van der Waals surface area contributed by atoms with Gasteiger partial charge in [-0.05, 0) is 36.0 Å². The van der Waals surface area contributed by atoms with E-state index in [0.29, 0.717) is 29.8 Å². The van der Waals surface area contributed by atoms with Gasteiger partial charge in [0.25, 0.3) is 0 Å². The molecule has 1 heterocycles. The van der Waals surface area contributed by atoms with E-state index in [2.05, 4.69) is 18.2 Å². The summed E-state index contributed by atoms with van der Waals surface area (Å²) in [6.45, 7) is 2.01. The average molecular weight is 399 g/mol. The van der Waals surface area contributed by atoms with Gasteiger partial charge in [0.15, 0.2) is 5.78 Å². The molecule has 1 aliphatic carbocycles. The maximum absolute atomic E-state index is 13.6. The van der Waals surface area contributed by atoms with Crippen molar-refractivity contribution < 1.29 is 4.79 Å². The number of hydrazine groups is 1. The van der Waals surface area contributed by atoms with Crippen molar-refractivity contribution in [2.45, 2.75) is 31.6 Å². The number of ketones is 1. The molecule has 0 fully saturated rings. The van der Waals surface area contributed by atoms with Crippen LogP contribution < -0.4 is 5.73 Å². The minimum atomic E-state index is -0.424. The lowest BCUT2D eigenvalue weighted by atomic mass is 9.71. The number of Topliss-reactive ketones (excluding diaryl/α,β-unsaturated/α-hetero) is 1. The summed E-state index contributed by atoms with van der Waals surface area (Å²) >= 11 is 0. The van der Waals surface area contributed by atoms with Gasteiger partial charge >= 0.3 is 0 Å². The predicted octanol–water partition coefficient (Wildman–Crippen LogP) is 3.97. The molecule has 2 unspecified atom stereocenters. The molecule has 5 heteroatoms. The first kappa shape index (κ1) is 19.9. The monoisotopic (exact) mass is 398 g/mol. The molecule has 4 rings (SSSR count). The fourth-order valence-electron chi connectivity index (χ4n) is 4.75. The number of nitrogens with two attached hydrogens (primary N) is 1. The summed E-state index contributed by atoms with van der Waals surface area (Å²) in [7, 11) is 3.77. The fourth-order valence-corrected chi connectivity index (χ4v) is 4.75. The highest BCUT2D eigenvalue weighted by Crippen LogP contribution is 2.48. The highest BCUT2D eigenvalue weighted by Gasteiger charge is 2.43. The quantitative estimate of drug-likeness (QED) is 0.847. The standard InChI is InChI=1S/C25H26N4O/c1-16-9-7-8-12-19(16)23-20(15-26)25(27)29(28(2)3)21-13-18(14-22(30)24(21)23)17-10-5-4-6-11-17/h4-12,18,23H,13-14,27H2,1-3H3. The number of rotatable bonds is 3. The molecule has 2 N–H and O–H groups in total. The molecule has 2 aromatic carbocycles. The molecule has 0 saturated carbocycles. The van der Waals surface area contributed by atoms with Gasteiger partial charge in [-0.15, -0.1) is 0 Å². The predicted molar refractivity (Wildman–Crippen MR) is 117 cm³/mol. The molecule has 0 spiro atoms. The molecule has 152 valence electrons. The van der Waals surface area contributed by atoms with E-state index in [1.54, 1.807) is 0 Å². The lowest BCUT2D eigenvalue weighted by molar-refractivity contribution is -0.117. The van der Waals surface area contributed by atoms with E-state index >= 15 is 0 Å². The van der Waals surface area contributed by atoms with Gasteiger partial charge in [-0.2, -0.15) is 5.26 Å². The van der Waals surface area contributed by atoms with E-state index in [0.717, 1.165) is 22.4 Å². The highest BCUT2D eigenvalue weighted by atomic mass is 16.1. The molecule has 5 nitrogen and oxygen atoms in total. The Morgan fingerprint density at radius 3 is 2.37 bits per heavy atom. The summed E-state index contributed by atoms with van der Waals surface area (Å²) in [5.74, 6) is 0.155. The number of allylic oxidation sites excluding steroid dienone is 3. The van der Waals surface area contributed by atoms with Gasteiger partial charge in [-0.1, -0.05) is 54.6 Å². The van der Waals surface area contributed by atoms with Gasteiger partial charge in [-0.25, -0.2) is 5.01 Å². The summed E-state index contributed by atoms with van der Waals surface area (Å²) < 4.78 is 0. The molecule has 0 saturated heterocycles. The summed E-state index contributed by atoms with van der Waals surface area (Å²) in [6.07, 6.45) is 1.14. The summed E-state index contributed by atoms with van der Waals surface area (Å²) in [5.41, 5.74) is 11.7. The minimum Gasteiger partial charge on any atom is -0.383 e. The van der Waals surface area contributed by atoms with Gasteiger partial charge in [-0.3, -0.25) is 9.80 Å². The van der Waals surface area contributed by atoms with Crippen LogP contribution in [0.1, 0.15) is 41.4 Å². The maximum atomic E-state index is 13.6. The van der Waals surface area contributed by atoms with Crippen LogP contribution >= 0.6 is 0 Å². The Balaban J connectivity index is 1.92. The molecule has 30 heavy (non-hydrogen) atoms. The van der Waals surface area contributed by atoms with Crippen molar-refractivity contribution in [3.05, 3.63) is 94.0 Å². The summed E-state index contributed by atoms with van der Waals surface area (Å²) in [6, 6.07) is 20.4. The summed E-state index contributed by atoms with van der Waals surface area (Å²) in [4.78, 5) is 13.6. The van der Waals surface area contributed by atoms with Crippen LogP contribution in [0.4, 0.5) is 0 Å². The van der Waals surface area contributed by atoms with Gasteiger partial charge in [0, 0.05) is 31.8 Å². The van der Waals surface area contributed by atoms with Crippen molar-refractivity contribution in [3.63, 3.8) is 0 Å². The Hall–Kier alpha value is -3.36. The Morgan fingerprint density at radius 2 is 1.73 bits per heavy atom. The molecular weight excluding hydrogens is 372 g/mol. The number of nitrogens with zero attached hydrogens (tertiary/aromatic N) is 3. The Labute approximate surface area is 177 Å². The second-order valence-electron chi connectivity index (χ2n) is 8.16. The number of hydrogen-bond donors (Lipinski definition) is 1. The van der Waals surface area contributed by atoms with Crippen LogP contribution in [0.15, 0.2) is 77.3 Å². The molecule has 0 aromatic heterocycles. The molecule has 2 aromatic rings. The van der Waals surface area contributed by atoms with Gasteiger partial charge in [0.1, 0.15) is 5.82 Å². The molecule has 0 amide bonds. The Kier molecular flexibility index (Phi) is 5.19. The van der Waals surface area contributed by atoms with Gasteiger partial charge in [0.2, 0.25) is 0 Å². The van der Waals surface area contributed by atoms with Crippen LogP contribution in [0.3, 0.4) is 0 Å². The smallest absolute Gasteiger partial charge is 0.162 e. The second kappa shape index (κ2) is 7.81. The van der Waals surface area contributed by atoms with Crippen LogP contribution in [-0.4, -0.2) is 29.9 Å². The van der Waals surface area contributed by atoms with E-state index in [9.17, 15) is 10.1 Å². The molecular formula is C25H26N4O. The van der Waals surface area contributed by atoms with Crippen molar-refractivity contribution in [2.24, 2.45) is 5.73 Å². The lowest BCUT2D eigenvalue weighted by Crippen LogP contribution is -2.46. The third-order valence-electron chi connectivity index (χ3n) is 6.11. The normalized spacial score (nSPS) is 21.7. The average Bonchev–Trinajstić information content (AvgIpc) is 2.73. The Morgan fingerprint density at radius 1 is 1.07 bits per heavy atom. The SMILES string of the molecule is Cc1ccccc1C1C(C#N)=C(N)N(N(C)C)C2=C1C(=O)CC(c1ccccc1)C2. The number of aryl methyl sites for hydroxylation is 1. The van der Waals surface area contributed by atoms with E-state index in [1.165, 1.54) is 0 Å². The second-order valence-corrected chi connectivity index (χ2v) is 8.16. The maximum Gasteiger partial charge on any atom is 0.162 e. The highest BCUT2D eigenvalue weighted by molar-refractivity contribution is 6.00. The topological polar surface area (TPSA) is 73.4 Å². The molecule has 2 aliphatic rings. The number of carbonyl (C=O) groups excluding carboxylic acids is 1. The molecule has 2 atom stereocenters. The first-order valence-corrected chi connectivity index (χ1v) is 10.2. The Bertz CT molecular complexity index is 1090. The zero-order chi connectivity index (χ0) is 21.4. The van der Waals surface area contributed by atoms with Crippen molar-refractivity contribution >= 4 is 5.78 Å². The number of carbonyl (C=O) groups is 1. The number of hydrogen-bond acceptors (Lipinski definition) is 5. The van der Waals surface area contributed by atoms with Crippen LogP contribution in [0.2, 0.25) is 0 Å². The van der Waals surface area contributed by atoms with E-state index in [1.807, 2.05) is 73.5 Å². The van der Waals surface area contributed by atoms with E-state index in [4.69, 9.17) is 5.73 Å². The summed E-state index contributed by atoms with van der Waals surface area (Å²) in [5, 5.41) is 13.7.